The molecule has 2 unspecified atom stereocenters. The van der Waals surface area contributed by atoms with Crippen LogP contribution in [0.15, 0.2) is 36.4 Å². The van der Waals surface area contributed by atoms with Gasteiger partial charge in [-0.3, -0.25) is 4.57 Å². The van der Waals surface area contributed by atoms with E-state index in [9.17, 15) is 4.57 Å². The molecule has 26 heavy (non-hydrogen) atoms. The molecule has 10 heteroatoms. The lowest BCUT2D eigenvalue weighted by molar-refractivity contribution is 0.207. The van der Waals surface area contributed by atoms with Gasteiger partial charge < -0.3 is 20.5 Å². The maximum atomic E-state index is 11.9. The molecule has 0 aromatic heterocycles. The predicted molar refractivity (Wildman–Crippen MR) is 108 cm³/mol. The van der Waals surface area contributed by atoms with Crippen molar-refractivity contribution in [1.29, 1.82) is 0 Å². The normalized spacial score (nSPS) is 14.8. The molecule has 0 aliphatic heterocycles. The van der Waals surface area contributed by atoms with Gasteiger partial charge in [-0.1, -0.05) is 58.5 Å². The van der Waals surface area contributed by atoms with Crippen molar-refractivity contribution < 1.29 is 13.6 Å². The molecule has 5 nitrogen and oxygen atoms in total. The molecule has 2 atom stereocenters. The summed E-state index contributed by atoms with van der Waals surface area (Å²) in [5, 5.41) is 1.63. The van der Waals surface area contributed by atoms with Crippen LogP contribution in [0.5, 0.6) is 0 Å². The van der Waals surface area contributed by atoms with E-state index in [1.54, 1.807) is 36.4 Å². The Balaban J connectivity index is 1.80. The molecule has 0 heterocycles. The molecule has 0 aliphatic carbocycles. The smallest absolute Gasteiger partial charge is 0.319 e. The highest BCUT2D eigenvalue weighted by molar-refractivity contribution is 7.33. The summed E-state index contributed by atoms with van der Waals surface area (Å²) >= 11 is 23.6. The van der Waals surface area contributed by atoms with Crippen LogP contribution in [-0.2, 0) is 13.6 Å². The maximum Gasteiger partial charge on any atom is 0.319 e. The van der Waals surface area contributed by atoms with Crippen molar-refractivity contribution in [3.8, 4) is 0 Å². The number of hydrogen-bond donors (Lipinski definition) is 2. The van der Waals surface area contributed by atoms with Crippen LogP contribution in [0, 0.1) is 0 Å². The summed E-state index contributed by atoms with van der Waals surface area (Å²) in [5.74, 6) is 0. The molecule has 2 aromatic carbocycles. The molecule has 0 spiro atoms. The molecule has 0 saturated carbocycles. The van der Waals surface area contributed by atoms with Crippen LogP contribution in [0.25, 0.3) is 0 Å². The highest BCUT2D eigenvalue weighted by atomic mass is 35.5. The van der Waals surface area contributed by atoms with Gasteiger partial charge in [-0.05, 0) is 35.4 Å². The second-order valence-electron chi connectivity index (χ2n) is 5.43. The van der Waals surface area contributed by atoms with E-state index in [4.69, 9.17) is 66.9 Å². The summed E-state index contributed by atoms with van der Waals surface area (Å²) in [6, 6.07) is 8.94. The fourth-order valence-electron chi connectivity index (χ4n) is 2.04. The van der Waals surface area contributed by atoms with Crippen LogP contribution in [0.1, 0.15) is 23.2 Å². The molecule has 142 valence electrons. The zero-order valence-electron chi connectivity index (χ0n) is 13.4. The highest BCUT2D eigenvalue weighted by Crippen LogP contribution is 2.30. The number of benzene rings is 2. The van der Waals surface area contributed by atoms with E-state index >= 15 is 0 Å². The van der Waals surface area contributed by atoms with Crippen LogP contribution in [-0.4, -0.2) is 13.2 Å². The molecule has 4 N–H and O–H groups in total. The zero-order valence-corrected chi connectivity index (χ0v) is 17.4. The van der Waals surface area contributed by atoms with Crippen molar-refractivity contribution >= 4 is 54.7 Å². The molecular weight excluding hydrogens is 441 g/mol. The fourth-order valence-corrected chi connectivity index (χ4v) is 3.36. The van der Waals surface area contributed by atoms with Gasteiger partial charge >= 0.3 is 8.25 Å². The summed E-state index contributed by atoms with van der Waals surface area (Å²) in [6.45, 7) is -0.00443. The zero-order chi connectivity index (χ0) is 19.3. The number of nitrogens with two attached hydrogens (primary N) is 2. The second-order valence-corrected chi connectivity index (χ2v) is 8.14. The van der Waals surface area contributed by atoms with Crippen LogP contribution in [0.2, 0.25) is 20.1 Å². The summed E-state index contributed by atoms with van der Waals surface area (Å²) in [4.78, 5) is 0. The minimum absolute atomic E-state index is 0.00221. The SMILES string of the molecule is NC(CO[PH](=O)OCC(N)c1ccc(Cl)c(Cl)c1)c1ccc(Cl)c(Cl)c1. The summed E-state index contributed by atoms with van der Waals surface area (Å²) in [5.41, 5.74) is 13.4. The Labute approximate surface area is 172 Å². The van der Waals surface area contributed by atoms with Gasteiger partial charge in [0.05, 0.1) is 45.4 Å². The number of halogens is 4. The summed E-state index contributed by atoms with van der Waals surface area (Å²) < 4.78 is 22.2. The van der Waals surface area contributed by atoms with Crippen LogP contribution in [0.4, 0.5) is 0 Å². The summed E-state index contributed by atoms with van der Waals surface area (Å²) in [7, 11) is -2.76. The van der Waals surface area contributed by atoms with Crippen molar-refractivity contribution in [3.05, 3.63) is 67.6 Å². The predicted octanol–water partition coefficient (Wildman–Crippen LogP) is 5.42. The lowest BCUT2D eigenvalue weighted by Crippen LogP contribution is -2.17. The summed E-state index contributed by atoms with van der Waals surface area (Å²) in [6.07, 6.45) is 0. The molecular formula is C16H17Cl4N2O3P. The van der Waals surface area contributed by atoms with Gasteiger partial charge in [0, 0.05) is 0 Å². The Hall–Kier alpha value is -0.330. The van der Waals surface area contributed by atoms with E-state index in [1.165, 1.54) is 0 Å². The Kier molecular flexibility index (Phi) is 8.68. The van der Waals surface area contributed by atoms with E-state index in [1.807, 2.05) is 0 Å². The van der Waals surface area contributed by atoms with Gasteiger partial charge in [0.2, 0.25) is 0 Å². The molecule has 0 fully saturated rings. The van der Waals surface area contributed by atoms with Crippen molar-refractivity contribution in [2.75, 3.05) is 13.2 Å². The molecule has 2 aromatic rings. The topological polar surface area (TPSA) is 87.6 Å². The Morgan fingerprint density at radius 3 is 1.50 bits per heavy atom. The first kappa shape index (κ1) is 22.0. The molecule has 0 amide bonds. The lowest BCUT2D eigenvalue weighted by Gasteiger charge is -2.15. The van der Waals surface area contributed by atoms with Gasteiger partial charge in [0.25, 0.3) is 0 Å². The standard InChI is InChI=1S/C16H17Cl4N2O3P/c17-11-3-1-9(5-13(11)19)15(21)7-24-26(23)25-8-16(22)10-2-4-12(18)14(20)6-10/h1-6,15-16,26H,7-8,21-22H2. The minimum Gasteiger partial charge on any atom is -0.322 e. The quantitative estimate of drug-likeness (QED) is 0.516. The Morgan fingerprint density at radius 1 is 0.769 bits per heavy atom. The first-order valence-electron chi connectivity index (χ1n) is 7.48. The second kappa shape index (κ2) is 10.3. The first-order valence-corrected chi connectivity index (χ1v) is 10.2. The molecule has 0 radical (unpaired) electrons. The van der Waals surface area contributed by atoms with Gasteiger partial charge in [0.1, 0.15) is 0 Å². The number of rotatable bonds is 8. The average Bonchev–Trinajstić information content (AvgIpc) is 2.62. The fraction of sp³-hybridized carbons (Fsp3) is 0.250. The van der Waals surface area contributed by atoms with E-state index in [-0.39, 0.29) is 13.2 Å². The molecule has 0 bridgehead atoms. The van der Waals surface area contributed by atoms with E-state index in [0.717, 1.165) is 0 Å². The maximum absolute atomic E-state index is 11.9. The third kappa shape index (κ3) is 6.38. The van der Waals surface area contributed by atoms with E-state index in [2.05, 4.69) is 0 Å². The van der Waals surface area contributed by atoms with E-state index < -0.39 is 20.3 Å². The van der Waals surface area contributed by atoms with Crippen molar-refractivity contribution in [2.24, 2.45) is 11.5 Å². The third-order valence-electron chi connectivity index (χ3n) is 3.51. The monoisotopic (exact) mass is 456 g/mol. The number of hydrogen-bond acceptors (Lipinski definition) is 5. The third-order valence-corrected chi connectivity index (χ3v) is 5.79. The van der Waals surface area contributed by atoms with Crippen LogP contribution in [0.3, 0.4) is 0 Å². The Morgan fingerprint density at radius 2 is 1.15 bits per heavy atom. The van der Waals surface area contributed by atoms with Crippen molar-refractivity contribution in [1.82, 2.24) is 0 Å². The molecule has 0 saturated heterocycles. The van der Waals surface area contributed by atoms with Crippen molar-refractivity contribution in [3.63, 3.8) is 0 Å². The van der Waals surface area contributed by atoms with Crippen molar-refractivity contribution in [2.45, 2.75) is 12.1 Å². The largest absolute Gasteiger partial charge is 0.322 e. The molecule has 2 rings (SSSR count). The van der Waals surface area contributed by atoms with Gasteiger partial charge in [0.15, 0.2) is 0 Å². The van der Waals surface area contributed by atoms with E-state index in [0.29, 0.717) is 31.2 Å². The average molecular weight is 458 g/mol. The lowest BCUT2D eigenvalue weighted by atomic mass is 10.1. The first-order chi connectivity index (χ1) is 12.3. The van der Waals surface area contributed by atoms with Crippen LogP contribution >= 0.6 is 54.7 Å². The Bertz CT molecular complexity index is 731. The minimum atomic E-state index is -2.76. The van der Waals surface area contributed by atoms with Crippen LogP contribution < -0.4 is 11.5 Å². The van der Waals surface area contributed by atoms with Gasteiger partial charge in [-0.15, -0.1) is 0 Å². The van der Waals surface area contributed by atoms with Gasteiger partial charge in [-0.2, -0.15) is 0 Å². The highest BCUT2D eigenvalue weighted by Gasteiger charge is 2.13. The van der Waals surface area contributed by atoms with Gasteiger partial charge in [-0.25, -0.2) is 0 Å². The molecule has 0 aliphatic rings.